The third kappa shape index (κ3) is 3.75. The SMILES string of the molecule is O=C(CN1C(=O)S/C(=C\c2cccc3ccccc23)C1=O)N1CCc2ccccc2C1. The normalized spacial score (nSPS) is 17.5. The predicted molar refractivity (Wildman–Crippen MR) is 122 cm³/mol. The largest absolute Gasteiger partial charge is 0.336 e. The van der Waals surface area contributed by atoms with Gasteiger partial charge in [-0.25, -0.2) is 0 Å². The first-order valence-corrected chi connectivity index (χ1v) is 11.0. The topological polar surface area (TPSA) is 57.7 Å². The van der Waals surface area contributed by atoms with Crippen molar-refractivity contribution in [1.82, 2.24) is 9.80 Å². The number of carbonyl (C=O) groups excluding carboxylic acids is 3. The van der Waals surface area contributed by atoms with Crippen molar-refractivity contribution in [2.45, 2.75) is 13.0 Å². The fourth-order valence-electron chi connectivity index (χ4n) is 4.10. The average molecular weight is 429 g/mol. The highest BCUT2D eigenvalue weighted by Crippen LogP contribution is 2.33. The zero-order chi connectivity index (χ0) is 21.4. The highest BCUT2D eigenvalue weighted by Gasteiger charge is 2.37. The minimum absolute atomic E-state index is 0.205. The van der Waals surface area contributed by atoms with Gasteiger partial charge in [0.05, 0.1) is 4.91 Å². The third-order valence-corrected chi connectivity index (χ3v) is 6.67. The second-order valence-electron chi connectivity index (χ2n) is 7.67. The van der Waals surface area contributed by atoms with Crippen molar-refractivity contribution in [2.24, 2.45) is 0 Å². The van der Waals surface area contributed by atoms with E-state index >= 15 is 0 Å². The minimum atomic E-state index is -0.409. The van der Waals surface area contributed by atoms with Gasteiger partial charge in [-0.1, -0.05) is 66.7 Å². The number of hydrogen-bond acceptors (Lipinski definition) is 4. The lowest BCUT2D eigenvalue weighted by Gasteiger charge is -2.29. The van der Waals surface area contributed by atoms with E-state index in [1.54, 1.807) is 11.0 Å². The number of hydrogen-bond donors (Lipinski definition) is 0. The molecule has 0 spiro atoms. The zero-order valence-electron chi connectivity index (χ0n) is 16.8. The van der Waals surface area contributed by atoms with Crippen LogP contribution in [0.5, 0.6) is 0 Å². The van der Waals surface area contributed by atoms with Crippen LogP contribution in [0, 0.1) is 0 Å². The van der Waals surface area contributed by atoms with E-state index < -0.39 is 11.1 Å². The highest BCUT2D eigenvalue weighted by molar-refractivity contribution is 8.18. The summed E-state index contributed by atoms with van der Waals surface area (Å²) < 4.78 is 0. The molecule has 3 aromatic rings. The summed E-state index contributed by atoms with van der Waals surface area (Å²) in [4.78, 5) is 41.4. The molecular formula is C25H20N2O3S. The van der Waals surface area contributed by atoms with E-state index in [1.165, 1.54) is 5.56 Å². The summed E-state index contributed by atoms with van der Waals surface area (Å²) in [5.41, 5.74) is 3.24. The Bertz CT molecular complexity index is 1250. The second kappa shape index (κ2) is 8.04. The summed E-state index contributed by atoms with van der Waals surface area (Å²) in [6.45, 7) is 0.884. The van der Waals surface area contributed by atoms with Crippen molar-refractivity contribution in [2.75, 3.05) is 13.1 Å². The molecule has 0 radical (unpaired) electrons. The Labute approximate surface area is 184 Å². The van der Waals surface area contributed by atoms with Crippen LogP contribution in [0.3, 0.4) is 0 Å². The molecule has 2 aliphatic heterocycles. The molecule has 0 aliphatic carbocycles. The first-order chi connectivity index (χ1) is 15.1. The molecular weight excluding hydrogens is 408 g/mol. The van der Waals surface area contributed by atoms with E-state index in [0.717, 1.165) is 45.0 Å². The van der Waals surface area contributed by atoms with Gasteiger partial charge < -0.3 is 4.90 Å². The Morgan fingerprint density at radius 3 is 2.55 bits per heavy atom. The van der Waals surface area contributed by atoms with E-state index in [9.17, 15) is 14.4 Å². The van der Waals surface area contributed by atoms with Crippen LogP contribution in [0.1, 0.15) is 16.7 Å². The van der Waals surface area contributed by atoms with Gasteiger partial charge in [-0.05, 0) is 51.7 Å². The van der Waals surface area contributed by atoms with Crippen LogP contribution in [0.2, 0.25) is 0 Å². The molecule has 0 bridgehead atoms. The number of thioether (sulfide) groups is 1. The molecule has 0 unspecified atom stereocenters. The molecule has 3 aromatic carbocycles. The van der Waals surface area contributed by atoms with Crippen LogP contribution < -0.4 is 0 Å². The molecule has 154 valence electrons. The molecule has 31 heavy (non-hydrogen) atoms. The molecule has 0 aromatic heterocycles. The number of amides is 3. The summed E-state index contributed by atoms with van der Waals surface area (Å²) in [7, 11) is 0. The van der Waals surface area contributed by atoms with Gasteiger partial charge in [0, 0.05) is 13.1 Å². The molecule has 1 saturated heterocycles. The maximum Gasteiger partial charge on any atom is 0.294 e. The fourth-order valence-corrected chi connectivity index (χ4v) is 4.93. The van der Waals surface area contributed by atoms with Crippen LogP contribution in [0.25, 0.3) is 16.8 Å². The number of rotatable bonds is 3. The van der Waals surface area contributed by atoms with Crippen molar-refractivity contribution >= 4 is 45.7 Å². The highest BCUT2D eigenvalue weighted by atomic mass is 32.2. The smallest absolute Gasteiger partial charge is 0.294 e. The molecule has 5 rings (SSSR count). The Hall–Kier alpha value is -3.38. The lowest BCUT2D eigenvalue weighted by molar-refractivity contribution is -0.136. The summed E-state index contributed by atoms with van der Waals surface area (Å²) in [5, 5.41) is 1.68. The Morgan fingerprint density at radius 2 is 1.68 bits per heavy atom. The third-order valence-electron chi connectivity index (χ3n) is 5.76. The molecule has 1 fully saturated rings. The van der Waals surface area contributed by atoms with Crippen molar-refractivity contribution < 1.29 is 14.4 Å². The van der Waals surface area contributed by atoms with E-state index in [-0.39, 0.29) is 12.5 Å². The number of fused-ring (bicyclic) bond motifs is 2. The van der Waals surface area contributed by atoms with E-state index in [0.29, 0.717) is 18.0 Å². The minimum Gasteiger partial charge on any atom is -0.336 e. The first-order valence-electron chi connectivity index (χ1n) is 10.2. The Balaban J connectivity index is 1.34. The van der Waals surface area contributed by atoms with Gasteiger partial charge in [0.2, 0.25) is 5.91 Å². The molecule has 0 atom stereocenters. The molecule has 2 heterocycles. The van der Waals surface area contributed by atoms with Crippen LogP contribution in [0.15, 0.2) is 71.6 Å². The number of benzene rings is 3. The molecule has 0 N–H and O–H groups in total. The summed E-state index contributed by atoms with van der Waals surface area (Å²) in [6, 6.07) is 21.8. The van der Waals surface area contributed by atoms with Gasteiger partial charge in [0.25, 0.3) is 11.1 Å². The van der Waals surface area contributed by atoms with Crippen molar-refractivity contribution in [1.29, 1.82) is 0 Å². The number of carbonyl (C=O) groups is 3. The van der Waals surface area contributed by atoms with Crippen LogP contribution in [-0.2, 0) is 22.6 Å². The molecule has 6 heteroatoms. The van der Waals surface area contributed by atoms with Gasteiger partial charge in [-0.3, -0.25) is 19.3 Å². The quantitative estimate of drug-likeness (QED) is 0.578. The van der Waals surface area contributed by atoms with Gasteiger partial charge in [0.1, 0.15) is 6.54 Å². The monoisotopic (exact) mass is 428 g/mol. The maximum atomic E-state index is 12.9. The Morgan fingerprint density at radius 1 is 0.935 bits per heavy atom. The van der Waals surface area contributed by atoms with E-state index in [4.69, 9.17) is 0 Å². The van der Waals surface area contributed by atoms with Crippen LogP contribution in [0.4, 0.5) is 4.79 Å². The van der Waals surface area contributed by atoms with E-state index in [2.05, 4.69) is 6.07 Å². The van der Waals surface area contributed by atoms with Gasteiger partial charge in [-0.2, -0.15) is 0 Å². The first kappa shape index (κ1) is 19.6. The molecule has 2 aliphatic rings. The fraction of sp³-hybridized carbons (Fsp3) is 0.160. The van der Waals surface area contributed by atoms with Crippen molar-refractivity contribution in [3.63, 3.8) is 0 Å². The van der Waals surface area contributed by atoms with Gasteiger partial charge in [-0.15, -0.1) is 0 Å². The zero-order valence-corrected chi connectivity index (χ0v) is 17.6. The maximum absolute atomic E-state index is 12.9. The van der Waals surface area contributed by atoms with E-state index in [1.807, 2.05) is 60.7 Å². The van der Waals surface area contributed by atoms with Gasteiger partial charge in [0.15, 0.2) is 0 Å². The lowest BCUT2D eigenvalue weighted by atomic mass is 10.00. The van der Waals surface area contributed by atoms with Gasteiger partial charge >= 0.3 is 0 Å². The number of imide groups is 1. The Kier molecular flexibility index (Phi) is 5.08. The summed E-state index contributed by atoms with van der Waals surface area (Å²) in [5.74, 6) is -0.614. The van der Waals surface area contributed by atoms with Crippen LogP contribution in [-0.4, -0.2) is 39.9 Å². The van der Waals surface area contributed by atoms with Crippen molar-refractivity contribution in [3.05, 3.63) is 88.3 Å². The second-order valence-corrected chi connectivity index (χ2v) is 8.66. The standard InChI is InChI=1S/C25H20N2O3S/c28-23(26-13-12-17-6-1-2-8-20(17)15-26)16-27-24(29)22(31-25(27)30)14-19-10-5-9-18-7-3-4-11-21(18)19/h1-11,14H,12-13,15-16H2/b22-14-. The predicted octanol–water partition coefficient (Wildman–Crippen LogP) is 4.46. The summed E-state index contributed by atoms with van der Waals surface area (Å²) >= 11 is 0.890. The molecule has 0 saturated carbocycles. The molecule has 5 nitrogen and oxygen atoms in total. The summed E-state index contributed by atoms with van der Waals surface area (Å²) in [6.07, 6.45) is 2.53. The van der Waals surface area contributed by atoms with Crippen molar-refractivity contribution in [3.8, 4) is 0 Å². The average Bonchev–Trinajstić information content (AvgIpc) is 3.06. The van der Waals surface area contributed by atoms with Crippen LogP contribution >= 0.6 is 11.8 Å². The molecule has 3 amide bonds. The number of nitrogens with zero attached hydrogens (tertiary/aromatic N) is 2. The lowest BCUT2D eigenvalue weighted by Crippen LogP contribution is -2.44.